The van der Waals surface area contributed by atoms with Crippen molar-refractivity contribution in [1.29, 1.82) is 5.26 Å². The van der Waals surface area contributed by atoms with Gasteiger partial charge in [0.25, 0.3) is 0 Å². The second-order valence-corrected chi connectivity index (χ2v) is 7.20. The van der Waals surface area contributed by atoms with Gasteiger partial charge in [-0.2, -0.15) is 5.26 Å². The summed E-state index contributed by atoms with van der Waals surface area (Å²) < 4.78 is 10.6. The lowest BCUT2D eigenvalue weighted by molar-refractivity contribution is -0.128. The molecule has 6 heteroatoms. The number of hydrogen-bond acceptors (Lipinski definition) is 4. The molecule has 3 aromatic carbocycles. The molecular formula is C25H17Cl2NO3. The molecule has 31 heavy (non-hydrogen) atoms. The van der Waals surface area contributed by atoms with E-state index in [9.17, 15) is 10.1 Å². The molecule has 3 rings (SSSR count). The third kappa shape index (κ3) is 5.99. The van der Waals surface area contributed by atoms with Crippen LogP contribution < -0.4 is 9.47 Å². The van der Waals surface area contributed by atoms with Crippen molar-refractivity contribution in [2.75, 3.05) is 7.11 Å². The van der Waals surface area contributed by atoms with Gasteiger partial charge in [-0.15, -0.1) is 0 Å². The van der Waals surface area contributed by atoms with Crippen molar-refractivity contribution in [3.63, 3.8) is 0 Å². The number of rotatable bonds is 6. The zero-order chi connectivity index (χ0) is 22.2. The van der Waals surface area contributed by atoms with Gasteiger partial charge in [0.05, 0.1) is 18.8 Å². The standard InChI is InChI=1S/C25H17Cl2NO3/c1-30-24-5-3-2-4-22(24)19(16-28)14-17-6-11-21(12-7-17)31-25(29)13-9-18-8-10-20(26)15-23(18)27/h2-15H,1H3/b13-9+,19-14-. The van der Waals surface area contributed by atoms with Crippen LogP contribution in [0.1, 0.15) is 16.7 Å². The van der Waals surface area contributed by atoms with E-state index in [1.807, 2.05) is 18.2 Å². The highest BCUT2D eigenvalue weighted by Gasteiger charge is 2.08. The van der Waals surface area contributed by atoms with Gasteiger partial charge in [-0.3, -0.25) is 0 Å². The summed E-state index contributed by atoms with van der Waals surface area (Å²) in [5.74, 6) is 0.458. The number of nitriles is 1. The van der Waals surface area contributed by atoms with E-state index >= 15 is 0 Å². The zero-order valence-electron chi connectivity index (χ0n) is 16.5. The van der Waals surface area contributed by atoms with Crippen molar-refractivity contribution >= 4 is 46.9 Å². The molecule has 0 fully saturated rings. The van der Waals surface area contributed by atoms with Crippen LogP contribution in [0.2, 0.25) is 10.0 Å². The Morgan fingerprint density at radius 3 is 2.45 bits per heavy atom. The van der Waals surface area contributed by atoms with Gasteiger partial charge in [0.2, 0.25) is 0 Å². The number of halogens is 2. The first-order valence-electron chi connectivity index (χ1n) is 9.20. The maximum Gasteiger partial charge on any atom is 0.336 e. The summed E-state index contributed by atoms with van der Waals surface area (Å²) in [6, 6.07) is 21.3. The molecule has 0 aliphatic rings. The molecule has 0 unspecified atom stereocenters. The van der Waals surface area contributed by atoms with Crippen molar-refractivity contribution in [3.05, 3.63) is 99.5 Å². The van der Waals surface area contributed by atoms with Gasteiger partial charge < -0.3 is 9.47 Å². The van der Waals surface area contributed by atoms with Crippen LogP contribution in [0.15, 0.2) is 72.8 Å². The van der Waals surface area contributed by atoms with Crippen LogP contribution >= 0.6 is 23.2 Å². The number of para-hydroxylation sites is 1. The van der Waals surface area contributed by atoms with E-state index in [2.05, 4.69) is 6.07 Å². The topological polar surface area (TPSA) is 59.3 Å². The lowest BCUT2D eigenvalue weighted by Crippen LogP contribution is -2.03. The van der Waals surface area contributed by atoms with Crippen LogP contribution in [-0.2, 0) is 4.79 Å². The number of esters is 1. The van der Waals surface area contributed by atoms with Crippen LogP contribution in [0.4, 0.5) is 0 Å². The molecular weight excluding hydrogens is 433 g/mol. The molecule has 4 nitrogen and oxygen atoms in total. The summed E-state index contributed by atoms with van der Waals surface area (Å²) in [7, 11) is 1.56. The number of hydrogen-bond donors (Lipinski definition) is 0. The van der Waals surface area contributed by atoms with E-state index in [1.165, 1.54) is 6.08 Å². The Kier molecular flexibility index (Phi) is 7.50. The van der Waals surface area contributed by atoms with Gasteiger partial charge in [-0.1, -0.05) is 53.5 Å². The highest BCUT2D eigenvalue weighted by atomic mass is 35.5. The molecule has 0 saturated carbocycles. The highest BCUT2D eigenvalue weighted by Crippen LogP contribution is 2.27. The molecule has 0 heterocycles. The van der Waals surface area contributed by atoms with E-state index in [0.717, 1.165) is 5.56 Å². The lowest BCUT2D eigenvalue weighted by Gasteiger charge is -2.07. The summed E-state index contributed by atoms with van der Waals surface area (Å²) in [6.07, 6.45) is 4.59. The second-order valence-electron chi connectivity index (χ2n) is 6.36. The fourth-order valence-electron chi connectivity index (χ4n) is 2.78. The van der Waals surface area contributed by atoms with Crippen LogP contribution in [-0.4, -0.2) is 13.1 Å². The molecule has 0 aromatic heterocycles. The minimum atomic E-state index is -0.541. The minimum Gasteiger partial charge on any atom is -0.496 e. The molecule has 0 aliphatic heterocycles. The lowest BCUT2D eigenvalue weighted by atomic mass is 10.0. The molecule has 0 N–H and O–H groups in total. The second kappa shape index (κ2) is 10.5. The van der Waals surface area contributed by atoms with Crippen molar-refractivity contribution in [2.24, 2.45) is 0 Å². The van der Waals surface area contributed by atoms with E-state index in [0.29, 0.717) is 38.2 Å². The molecule has 0 radical (unpaired) electrons. The molecule has 3 aromatic rings. The van der Waals surface area contributed by atoms with Crippen molar-refractivity contribution in [1.82, 2.24) is 0 Å². The highest BCUT2D eigenvalue weighted by molar-refractivity contribution is 6.35. The third-order valence-electron chi connectivity index (χ3n) is 4.29. The molecule has 0 bridgehead atoms. The van der Waals surface area contributed by atoms with Crippen molar-refractivity contribution in [3.8, 4) is 17.6 Å². The summed E-state index contributed by atoms with van der Waals surface area (Å²) in [5.41, 5.74) is 2.61. The Morgan fingerprint density at radius 1 is 1.03 bits per heavy atom. The third-order valence-corrected chi connectivity index (χ3v) is 4.85. The van der Waals surface area contributed by atoms with Gasteiger partial charge in [-0.05, 0) is 59.7 Å². The van der Waals surface area contributed by atoms with Gasteiger partial charge in [-0.25, -0.2) is 4.79 Å². The van der Waals surface area contributed by atoms with Gasteiger partial charge in [0.1, 0.15) is 11.5 Å². The average Bonchev–Trinajstić information content (AvgIpc) is 2.78. The van der Waals surface area contributed by atoms with Crippen LogP contribution in [0.5, 0.6) is 11.5 Å². The molecule has 0 amide bonds. The number of carbonyl (C=O) groups excluding carboxylic acids is 1. The monoisotopic (exact) mass is 449 g/mol. The average molecular weight is 450 g/mol. The summed E-state index contributed by atoms with van der Waals surface area (Å²) in [5, 5.41) is 10.5. The first-order chi connectivity index (χ1) is 15.0. The molecule has 154 valence electrons. The Hall–Kier alpha value is -3.52. The fourth-order valence-corrected chi connectivity index (χ4v) is 3.25. The molecule has 0 saturated heterocycles. The number of methoxy groups -OCH3 is 1. The number of benzene rings is 3. The predicted molar refractivity (Wildman–Crippen MR) is 124 cm³/mol. The molecule has 0 atom stereocenters. The Labute approximate surface area is 190 Å². The van der Waals surface area contributed by atoms with Crippen LogP contribution in [0.3, 0.4) is 0 Å². The maximum atomic E-state index is 12.1. The van der Waals surface area contributed by atoms with E-state index in [4.69, 9.17) is 32.7 Å². The Balaban J connectivity index is 1.71. The van der Waals surface area contributed by atoms with Crippen molar-refractivity contribution in [2.45, 2.75) is 0 Å². The van der Waals surface area contributed by atoms with E-state index < -0.39 is 5.97 Å². The quantitative estimate of drug-likeness (QED) is 0.138. The predicted octanol–water partition coefficient (Wildman–Crippen LogP) is 6.68. The molecule has 0 aliphatic carbocycles. The Morgan fingerprint density at radius 2 is 1.77 bits per heavy atom. The Bertz CT molecular complexity index is 1190. The van der Waals surface area contributed by atoms with Crippen LogP contribution in [0, 0.1) is 11.3 Å². The number of nitrogens with zero attached hydrogens (tertiary/aromatic N) is 1. The first-order valence-corrected chi connectivity index (χ1v) is 9.96. The molecule has 0 spiro atoms. The fraction of sp³-hybridized carbons (Fsp3) is 0.0400. The minimum absolute atomic E-state index is 0.379. The normalized spacial score (nSPS) is 11.2. The number of allylic oxidation sites excluding steroid dienone is 1. The van der Waals surface area contributed by atoms with Gasteiger partial charge in [0, 0.05) is 21.7 Å². The number of ether oxygens (including phenoxy) is 2. The maximum absolute atomic E-state index is 12.1. The largest absolute Gasteiger partial charge is 0.496 e. The van der Waals surface area contributed by atoms with Crippen LogP contribution in [0.25, 0.3) is 17.7 Å². The number of carbonyl (C=O) groups is 1. The van der Waals surface area contributed by atoms with E-state index in [1.54, 1.807) is 67.8 Å². The summed E-state index contributed by atoms with van der Waals surface area (Å²) in [4.78, 5) is 12.1. The SMILES string of the molecule is COc1ccccc1/C(C#N)=C\c1ccc(OC(=O)/C=C/c2ccc(Cl)cc2Cl)cc1. The smallest absolute Gasteiger partial charge is 0.336 e. The first kappa shape index (κ1) is 22.2. The van der Waals surface area contributed by atoms with Gasteiger partial charge in [0.15, 0.2) is 0 Å². The van der Waals surface area contributed by atoms with Crippen molar-refractivity contribution < 1.29 is 14.3 Å². The van der Waals surface area contributed by atoms with E-state index in [-0.39, 0.29) is 0 Å². The summed E-state index contributed by atoms with van der Waals surface area (Å²) >= 11 is 11.9. The van der Waals surface area contributed by atoms with Gasteiger partial charge >= 0.3 is 5.97 Å². The zero-order valence-corrected chi connectivity index (χ0v) is 18.0. The summed E-state index contributed by atoms with van der Waals surface area (Å²) in [6.45, 7) is 0.